The van der Waals surface area contributed by atoms with Crippen LogP contribution in [0.25, 0.3) is 0 Å². The molecule has 0 atom stereocenters. The van der Waals surface area contributed by atoms with E-state index in [2.05, 4.69) is 33.0 Å². The highest BCUT2D eigenvalue weighted by Crippen LogP contribution is 2.25. The number of thiophene rings is 1. The van der Waals surface area contributed by atoms with E-state index in [1.165, 1.54) is 17.7 Å². The van der Waals surface area contributed by atoms with Crippen molar-refractivity contribution in [3.8, 4) is 0 Å². The van der Waals surface area contributed by atoms with E-state index in [1.807, 2.05) is 0 Å². The molecule has 4 heteroatoms. The van der Waals surface area contributed by atoms with E-state index in [-0.39, 0.29) is 0 Å². The second-order valence-corrected chi connectivity index (χ2v) is 5.95. The molecule has 0 N–H and O–H groups in total. The molecule has 2 rings (SSSR count). The molecule has 1 aromatic heterocycles. The van der Waals surface area contributed by atoms with Crippen molar-refractivity contribution in [1.29, 1.82) is 0 Å². The predicted molar refractivity (Wildman–Crippen MR) is 64.5 cm³/mol. The van der Waals surface area contributed by atoms with Gasteiger partial charge in [-0.05, 0) is 40.9 Å². The van der Waals surface area contributed by atoms with Gasteiger partial charge in [-0.25, -0.2) is 0 Å². The van der Waals surface area contributed by atoms with Gasteiger partial charge in [0.2, 0.25) is 0 Å². The lowest BCUT2D eigenvalue weighted by atomic mass is 10.4. The SMILES string of the molecule is S=C(c1ccc(Br)s1)N1CCCC1. The zero-order chi connectivity index (χ0) is 9.26. The lowest BCUT2D eigenvalue weighted by Gasteiger charge is -2.16. The Labute approximate surface area is 95.9 Å². The fourth-order valence-electron chi connectivity index (χ4n) is 1.51. The number of hydrogen-bond donors (Lipinski definition) is 0. The molecule has 0 spiro atoms. The van der Waals surface area contributed by atoms with Crippen molar-refractivity contribution in [3.63, 3.8) is 0 Å². The van der Waals surface area contributed by atoms with Crippen molar-refractivity contribution in [3.05, 3.63) is 20.8 Å². The Hall–Kier alpha value is 0.0700. The average Bonchev–Trinajstić information content (AvgIpc) is 2.72. The molecule has 1 saturated heterocycles. The summed E-state index contributed by atoms with van der Waals surface area (Å²) in [6.45, 7) is 2.27. The molecule has 1 aliphatic rings. The van der Waals surface area contributed by atoms with Crippen LogP contribution in [0.1, 0.15) is 17.7 Å². The second kappa shape index (κ2) is 4.07. The van der Waals surface area contributed by atoms with Crippen molar-refractivity contribution >= 4 is 44.5 Å². The molecule has 0 bridgehead atoms. The van der Waals surface area contributed by atoms with Crippen LogP contribution in [0.5, 0.6) is 0 Å². The standard InChI is InChI=1S/C9H10BrNS2/c10-8-4-3-7(13-8)9(12)11-5-1-2-6-11/h3-4H,1-2,5-6H2. The van der Waals surface area contributed by atoms with Gasteiger partial charge in [0, 0.05) is 13.1 Å². The first-order valence-electron chi connectivity index (χ1n) is 4.32. The molecule has 0 unspecified atom stereocenters. The van der Waals surface area contributed by atoms with Gasteiger partial charge in [0.05, 0.1) is 8.66 Å². The average molecular weight is 276 g/mol. The molecule has 13 heavy (non-hydrogen) atoms. The highest BCUT2D eigenvalue weighted by atomic mass is 79.9. The third-order valence-corrected chi connectivity index (χ3v) is 4.41. The Bertz CT molecular complexity index is 315. The maximum absolute atomic E-state index is 5.41. The number of hydrogen-bond acceptors (Lipinski definition) is 2. The van der Waals surface area contributed by atoms with Gasteiger partial charge in [0.1, 0.15) is 4.99 Å². The molecule has 70 valence electrons. The highest BCUT2D eigenvalue weighted by Gasteiger charge is 2.16. The summed E-state index contributed by atoms with van der Waals surface area (Å²) in [6, 6.07) is 4.15. The zero-order valence-corrected chi connectivity index (χ0v) is 10.3. The Morgan fingerprint density at radius 3 is 2.62 bits per heavy atom. The van der Waals surface area contributed by atoms with Crippen LogP contribution in [0.4, 0.5) is 0 Å². The minimum absolute atomic E-state index is 1.02. The summed E-state index contributed by atoms with van der Waals surface area (Å²) in [5.74, 6) is 0. The summed E-state index contributed by atoms with van der Waals surface area (Å²) in [4.78, 5) is 4.53. The summed E-state index contributed by atoms with van der Waals surface area (Å²) < 4.78 is 1.16. The third-order valence-electron chi connectivity index (χ3n) is 2.18. The zero-order valence-electron chi connectivity index (χ0n) is 7.12. The highest BCUT2D eigenvalue weighted by molar-refractivity contribution is 9.11. The normalized spacial score (nSPS) is 16.5. The molecule has 0 amide bonds. The van der Waals surface area contributed by atoms with Gasteiger partial charge >= 0.3 is 0 Å². The lowest BCUT2D eigenvalue weighted by Crippen LogP contribution is -2.25. The van der Waals surface area contributed by atoms with Crippen LogP contribution in [0.2, 0.25) is 0 Å². The fourth-order valence-corrected chi connectivity index (χ4v) is 3.23. The van der Waals surface area contributed by atoms with Gasteiger partial charge in [-0.15, -0.1) is 11.3 Å². The van der Waals surface area contributed by atoms with E-state index in [0.717, 1.165) is 21.9 Å². The van der Waals surface area contributed by atoms with E-state index in [4.69, 9.17) is 12.2 Å². The van der Waals surface area contributed by atoms with Gasteiger partial charge in [-0.3, -0.25) is 0 Å². The lowest BCUT2D eigenvalue weighted by molar-refractivity contribution is 0.531. The first-order valence-corrected chi connectivity index (χ1v) is 6.34. The van der Waals surface area contributed by atoms with Gasteiger partial charge < -0.3 is 4.90 Å². The number of nitrogens with zero attached hydrogens (tertiary/aromatic N) is 1. The maximum atomic E-state index is 5.41. The molecule has 0 aliphatic carbocycles. The molecular formula is C9H10BrNS2. The summed E-state index contributed by atoms with van der Waals surface area (Å²) >= 11 is 10.6. The monoisotopic (exact) mass is 275 g/mol. The van der Waals surface area contributed by atoms with Gasteiger partial charge in [-0.2, -0.15) is 0 Å². The predicted octanol–water partition coefficient (Wildman–Crippen LogP) is 3.28. The Morgan fingerprint density at radius 2 is 2.08 bits per heavy atom. The number of rotatable bonds is 1. The van der Waals surface area contributed by atoms with Crippen LogP contribution in [0, 0.1) is 0 Å². The first-order chi connectivity index (χ1) is 6.27. The third kappa shape index (κ3) is 2.11. The van der Waals surface area contributed by atoms with E-state index >= 15 is 0 Å². The number of halogens is 1. The minimum atomic E-state index is 1.02. The van der Waals surface area contributed by atoms with Crippen LogP contribution in [-0.2, 0) is 0 Å². The Kier molecular flexibility index (Phi) is 3.01. The van der Waals surface area contributed by atoms with Crippen LogP contribution in [0.15, 0.2) is 15.9 Å². The van der Waals surface area contributed by atoms with E-state index in [1.54, 1.807) is 11.3 Å². The molecule has 0 radical (unpaired) electrons. The molecular weight excluding hydrogens is 266 g/mol. The Balaban J connectivity index is 2.12. The fraction of sp³-hybridized carbons (Fsp3) is 0.444. The van der Waals surface area contributed by atoms with Crippen LogP contribution in [0.3, 0.4) is 0 Å². The summed E-state index contributed by atoms with van der Waals surface area (Å²) in [5.41, 5.74) is 0. The molecule has 1 aromatic rings. The van der Waals surface area contributed by atoms with Gasteiger partial charge in [0.15, 0.2) is 0 Å². The summed E-state index contributed by atoms with van der Waals surface area (Å²) in [5, 5.41) is 0. The molecule has 1 fully saturated rings. The minimum Gasteiger partial charge on any atom is -0.362 e. The van der Waals surface area contributed by atoms with Crippen molar-refractivity contribution < 1.29 is 0 Å². The molecule has 0 saturated carbocycles. The van der Waals surface area contributed by atoms with E-state index in [9.17, 15) is 0 Å². The molecule has 1 nitrogen and oxygen atoms in total. The molecule has 1 aliphatic heterocycles. The van der Waals surface area contributed by atoms with Crippen LogP contribution in [-0.4, -0.2) is 23.0 Å². The molecule has 0 aromatic carbocycles. The second-order valence-electron chi connectivity index (χ2n) is 3.10. The maximum Gasteiger partial charge on any atom is 0.119 e. The summed E-state index contributed by atoms with van der Waals surface area (Å²) in [7, 11) is 0. The quantitative estimate of drug-likeness (QED) is 0.724. The van der Waals surface area contributed by atoms with Crippen LogP contribution >= 0.6 is 39.5 Å². The first kappa shape index (κ1) is 9.62. The largest absolute Gasteiger partial charge is 0.362 e. The van der Waals surface area contributed by atoms with Gasteiger partial charge in [0.25, 0.3) is 0 Å². The smallest absolute Gasteiger partial charge is 0.119 e. The van der Waals surface area contributed by atoms with Crippen molar-refractivity contribution in [2.45, 2.75) is 12.8 Å². The van der Waals surface area contributed by atoms with Crippen LogP contribution < -0.4 is 0 Å². The summed E-state index contributed by atoms with van der Waals surface area (Å²) in [6.07, 6.45) is 2.57. The van der Waals surface area contributed by atoms with Crippen molar-refractivity contribution in [1.82, 2.24) is 4.90 Å². The van der Waals surface area contributed by atoms with E-state index < -0.39 is 0 Å². The topological polar surface area (TPSA) is 3.24 Å². The van der Waals surface area contributed by atoms with Crippen molar-refractivity contribution in [2.24, 2.45) is 0 Å². The van der Waals surface area contributed by atoms with Gasteiger partial charge in [-0.1, -0.05) is 12.2 Å². The Morgan fingerprint density at radius 1 is 1.38 bits per heavy atom. The van der Waals surface area contributed by atoms with E-state index in [0.29, 0.717) is 0 Å². The molecule has 2 heterocycles. The van der Waals surface area contributed by atoms with Crippen molar-refractivity contribution in [2.75, 3.05) is 13.1 Å². The number of likely N-dealkylation sites (tertiary alicyclic amines) is 1. The number of thiocarbonyl (C=S) groups is 1.